The van der Waals surface area contributed by atoms with E-state index in [1.807, 2.05) is 4.57 Å². The molecule has 1 aliphatic heterocycles. The Morgan fingerprint density at radius 1 is 1.44 bits per heavy atom. The van der Waals surface area contributed by atoms with Crippen LogP contribution in [-0.2, 0) is 11.5 Å². The standard InChI is InChI=1S/C11H14N6O/c12-8-1-2-16(10(18)3-8)7-17-6-15-9-4-13-5-14-11(9)17/h4-6,8H,1-3,7,12H2. The van der Waals surface area contributed by atoms with Crippen molar-refractivity contribution in [3.63, 3.8) is 0 Å². The van der Waals surface area contributed by atoms with Crippen LogP contribution in [0.5, 0.6) is 0 Å². The van der Waals surface area contributed by atoms with E-state index >= 15 is 0 Å². The summed E-state index contributed by atoms with van der Waals surface area (Å²) < 4.78 is 1.85. The highest BCUT2D eigenvalue weighted by Gasteiger charge is 2.23. The third kappa shape index (κ3) is 1.92. The number of hydrogen-bond donors (Lipinski definition) is 1. The van der Waals surface area contributed by atoms with Gasteiger partial charge in [0.1, 0.15) is 18.5 Å². The van der Waals surface area contributed by atoms with E-state index < -0.39 is 0 Å². The van der Waals surface area contributed by atoms with Gasteiger partial charge in [0.05, 0.1) is 12.5 Å². The van der Waals surface area contributed by atoms with Crippen LogP contribution in [0.4, 0.5) is 0 Å². The molecule has 0 aliphatic carbocycles. The Balaban J connectivity index is 1.82. The molecule has 0 spiro atoms. The smallest absolute Gasteiger partial charge is 0.225 e. The molecule has 0 radical (unpaired) electrons. The second-order valence-electron chi connectivity index (χ2n) is 4.50. The van der Waals surface area contributed by atoms with Gasteiger partial charge in [-0.3, -0.25) is 9.36 Å². The molecule has 0 aromatic carbocycles. The van der Waals surface area contributed by atoms with Crippen LogP contribution in [0.15, 0.2) is 18.9 Å². The molecule has 2 aromatic heterocycles. The Labute approximate surface area is 104 Å². The molecule has 3 heterocycles. The lowest BCUT2D eigenvalue weighted by molar-refractivity contribution is -0.135. The quantitative estimate of drug-likeness (QED) is 0.788. The van der Waals surface area contributed by atoms with Gasteiger partial charge in [0.15, 0.2) is 5.65 Å². The monoisotopic (exact) mass is 246 g/mol. The number of rotatable bonds is 2. The Bertz CT molecular complexity index is 580. The van der Waals surface area contributed by atoms with E-state index in [9.17, 15) is 4.79 Å². The summed E-state index contributed by atoms with van der Waals surface area (Å²) in [5, 5.41) is 0. The van der Waals surface area contributed by atoms with Gasteiger partial charge in [-0.25, -0.2) is 15.0 Å². The molecule has 1 atom stereocenters. The Kier molecular flexibility index (Phi) is 2.67. The number of fused-ring (bicyclic) bond motifs is 1. The zero-order valence-electron chi connectivity index (χ0n) is 9.86. The Morgan fingerprint density at radius 3 is 3.17 bits per heavy atom. The number of amides is 1. The number of carbonyl (C=O) groups is 1. The number of nitrogens with two attached hydrogens (primary N) is 1. The SMILES string of the molecule is NC1CCN(Cn2cnc3cncnc32)C(=O)C1. The molecule has 1 amide bonds. The van der Waals surface area contributed by atoms with Crippen molar-refractivity contribution in [2.24, 2.45) is 5.73 Å². The molecule has 94 valence electrons. The largest absolute Gasteiger partial charge is 0.327 e. The van der Waals surface area contributed by atoms with Gasteiger partial charge < -0.3 is 10.6 Å². The number of nitrogens with zero attached hydrogens (tertiary/aromatic N) is 5. The summed E-state index contributed by atoms with van der Waals surface area (Å²) in [7, 11) is 0. The van der Waals surface area contributed by atoms with E-state index in [4.69, 9.17) is 5.73 Å². The van der Waals surface area contributed by atoms with Gasteiger partial charge in [-0.05, 0) is 6.42 Å². The molecule has 0 saturated carbocycles. The first-order chi connectivity index (χ1) is 8.74. The second kappa shape index (κ2) is 4.34. The molecule has 7 nitrogen and oxygen atoms in total. The Hall–Kier alpha value is -2.02. The lowest BCUT2D eigenvalue weighted by Gasteiger charge is -2.30. The maximum absolute atomic E-state index is 11.8. The first kappa shape index (κ1) is 11.1. The zero-order valence-corrected chi connectivity index (χ0v) is 9.86. The zero-order chi connectivity index (χ0) is 12.5. The fraction of sp³-hybridized carbons (Fsp3) is 0.455. The third-order valence-corrected chi connectivity index (χ3v) is 3.16. The van der Waals surface area contributed by atoms with Gasteiger partial charge in [-0.2, -0.15) is 0 Å². The molecule has 7 heteroatoms. The van der Waals surface area contributed by atoms with E-state index in [0.717, 1.165) is 17.6 Å². The lowest BCUT2D eigenvalue weighted by Crippen LogP contribution is -2.44. The minimum Gasteiger partial charge on any atom is -0.327 e. The van der Waals surface area contributed by atoms with E-state index in [1.54, 1.807) is 17.4 Å². The molecule has 2 N–H and O–H groups in total. The van der Waals surface area contributed by atoms with Crippen LogP contribution in [-0.4, -0.2) is 42.9 Å². The molecule has 2 aromatic rings. The van der Waals surface area contributed by atoms with Crippen LogP contribution in [0, 0.1) is 0 Å². The normalized spacial score (nSPS) is 20.6. The summed E-state index contributed by atoms with van der Waals surface area (Å²) in [6.07, 6.45) is 6.08. The Morgan fingerprint density at radius 2 is 2.33 bits per heavy atom. The van der Waals surface area contributed by atoms with Crippen molar-refractivity contribution in [3.05, 3.63) is 18.9 Å². The summed E-state index contributed by atoms with van der Waals surface area (Å²) in [6, 6.07) is -0.00407. The van der Waals surface area contributed by atoms with Gasteiger partial charge in [0, 0.05) is 19.0 Å². The van der Waals surface area contributed by atoms with Crippen molar-refractivity contribution in [2.75, 3.05) is 6.54 Å². The summed E-state index contributed by atoms with van der Waals surface area (Å²) in [5.74, 6) is 0.0876. The van der Waals surface area contributed by atoms with Crippen molar-refractivity contribution in [1.29, 1.82) is 0 Å². The fourth-order valence-electron chi connectivity index (χ4n) is 2.15. The van der Waals surface area contributed by atoms with Gasteiger partial charge >= 0.3 is 0 Å². The average Bonchev–Trinajstić information content (AvgIpc) is 2.76. The first-order valence-electron chi connectivity index (χ1n) is 5.88. The maximum Gasteiger partial charge on any atom is 0.225 e. The molecular formula is C11H14N6O. The van der Waals surface area contributed by atoms with Crippen LogP contribution in [0.1, 0.15) is 12.8 Å². The third-order valence-electron chi connectivity index (χ3n) is 3.16. The molecule has 18 heavy (non-hydrogen) atoms. The first-order valence-corrected chi connectivity index (χ1v) is 5.88. The van der Waals surface area contributed by atoms with Crippen molar-refractivity contribution in [2.45, 2.75) is 25.6 Å². The second-order valence-corrected chi connectivity index (χ2v) is 4.50. The van der Waals surface area contributed by atoms with Crippen molar-refractivity contribution < 1.29 is 4.79 Å². The summed E-state index contributed by atoms with van der Waals surface area (Å²) in [5.41, 5.74) is 7.24. The minimum absolute atomic E-state index is 0.00407. The van der Waals surface area contributed by atoms with Gasteiger partial charge in [-0.1, -0.05) is 0 Å². The highest BCUT2D eigenvalue weighted by Crippen LogP contribution is 2.13. The summed E-state index contributed by atoms with van der Waals surface area (Å²) in [6.45, 7) is 1.16. The average molecular weight is 246 g/mol. The van der Waals surface area contributed by atoms with Crippen molar-refractivity contribution >= 4 is 17.1 Å². The molecule has 1 aliphatic rings. The van der Waals surface area contributed by atoms with Crippen molar-refractivity contribution in [1.82, 2.24) is 24.4 Å². The number of likely N-dealkylation sites (tertiary alicyclic amines) is 1. The number of piperidine rings is 1. The summed E-state index contributed by atoms with van der Waals surface area (Å²) >= 11 is 0. The molecular weight excluding hydrogens is 232 g/mol. The van der Waals surface area contributed by atoms with Crippen LogP contribution >= 0.6 is 0 Å². The van der Waals surface area contributed by atoms with E-state index in [0.29, 0.717) is 19.6 Å². The van der Waals surface area contributed by atoms with Gasteiger partial charge in [0.25, 0.3) is 0 Å². The molecule has 1 saturated heterocycles. The topological polar surface area (TPSA) is 89.9 Å². The maximum atomic E-state index is 11.8. The van der Waals surface area contributed by atoms with Crippen LogP contribution in [0.3, 0.4) is 0 Å². The molecule has 1 unspecified atom stereocenters. The van der Waals surface area contributed by atoms with Crippen LogP contribution in [0.25, 0.3) is 11.2 Å². The number of carbonyl (C=O) groups excluding carboxylic acids is 1. The van der Waals surface area contributed by atoms with E-state index in [1.165, 1.54) is 6.33 Å². The number of imidazole rings is 1. The van der Waals surface area contributed by atoms with Crippen LogP contribution < -0.4 is 5.73 Å². The fourth-order valence-corrected chi connectivity index (χ4v) is 2.15. The minimum atomic E-state index is -0.00407. The van der Waals surface area contributed by atoms with Crippen molar-refractivity contribution in [3.8, 4) is 0 Å². The van der Waals surface area contributed by atoms with E-state index in [2.05, 4.69) is 15.0 Å². The van der Waals surface area contributed by atoms with Gasteiger partial charge in [0.2, 0.25) is 5.91 Å². The number of hydrogen-bond acceptors (Lipinski definition) is 5. The highest BCUT2D eigenvalue weighted by atomic mass is 16.2. The highest BCUT2D eigenvalue weighted by molar-refractivity contribution is 5.77. The predicted molar refractivity (Wildman–Crippen MR) is 64.2 cm³/mol. The predicted octanol–water partition coefficient (Wildman–Crippen LogP) is -0.267. The van der Waals surface area contributed by atoms with E-state index in [-0.39, 0.29) is 11.9 Å². The lowest BCUT2D eigenvalue weighted by atomic mass is 10.1. The van der Waals surface area contributed by atoms with Gasteiger partial charge in [-0.15, -0.1) is 0 Å². The van der Waals surface area contributed by atoms with Crippen LogP contribution in [0.2, 0.25) is 0 Å². The summed E-state index contributed by atoms with van der Waals surface area (Å²) in [4.78, 5) is 25.9. The molecule has 3 rings (SSSR count). The molecule has 0 bridgehead atoms. The molecule has 1 fully saturated rings. The number of aromatic nitrogens is 4.